The van der Waals surface area contributed by atoms with E-state index in [1.54, 1.807) is 24.3 Å². The van der Waals surface area contributed by atoms with Crippen LogP contribution in [0.1, 0.15) is 16.7 Å². The molecule has 98 valence electrons. The Balaban J connectivity index is 2.34. The fourth-order valence-electron chi connectivity index (χ4n) is 1.61. The van der Waals surface area contributed by atoms with Gasteiger partial charge in [0.2, 0.25) is 0 Å². The minimum absolute atomic E-state index is 0.0452. The summed E-state index contributed by atoms with van der Waals surface area (Å²) < 4.78 is 5.58. The summed E-state index contributed by atoms with van der Waals surface area (Å²) in [6, 6.07) is 13.5. The summed E-state index contributed by atoms with van der Waals surface area (Å²) >= 11 is 6.02. The van der Waals surface area contributed by atoms with Crippen molar-refractivity contribution < 1.29 is 9.84 Å². The highest BCUT2D eigenvalue weighted by molar-refractivity contribution is 6.32. The first kappa shape index (κ1) is 13.9. The number of aliphatic hydroxyl groups is 1. The Kier molecular flexibility index (Phi) is 4.22. The van der Waals surface area contributed by atoms with Crippen molar-refractivity contribution in [1.29, 1.82) is 10.5 Å². The lowest BCUT2D eigenvalue weighted by atomic mass is 10.1. The first-order valence-corrected chi connectivity index (χ1v) is 6.07. The highest BCUT2D eigenvalue weighted by Gasteiger charge is 2.10. The van der Waals surface area contributed by atoms with Crippen LogP contribution in [0.5, 0.6) is 11.5 Å². The van der Waals surface area contributed by atoms with Crippen LogP contribution >= 0.6 is 11.6 Å². The Hall–Kier alpha value is -2.53. The Bertz CT molecular complexity index is 712. The van der Waals surface area contributed by atoms with E-state index in [2.05, 4.69) is 0 Å². The molecule has 0 amide bonds. The van der Waals surface area contributed by atoms with Crippen molar-refractivity contribution in [3.05, 3.63) is 58.1 Å². The molecule has 0 aromatic heterocycles. The number of halogens is 1. The molecule has 1 N–H and O–H groups in total. The lowest BCUT2D eigenvalue weighted by Gasteiger charge is -2.09. The summed E-state index contributed by atoms with van der Waals surface area (Å²) in [6.07, 6.45) is 0. The van der Waals surface area contributed by atoms with Gasteiger partial charge in [0.15, 0.2) is 0 Å². The minimum atomic E-state index is -0.0452. The molecule has 0 bridgehead atoms. The van der Waals surface area contributed by atoms with Crippen molar-refractivity contribution in [3.63, 3.8) is 0 Å². The Morgan fingerprint density at radius 2 is 1.65 bits per heavy atom. The fourth-order valence-corrected chi connectivity index (χ4v) is 1.81. The predicted molar refractivity (Wildman–Crippen MR) is 73.3 cm³/mol. The first-order valence-electron chi connectivity index (χ1n) is 5.69. The van der Waals surface area contributed by atoms with Gasteiger partial charge < -0.3 is 9.84 Å². The van der Waals surface area contributed by atoms with Gasteiger partial charge in [-0.2, -0.15) is 10.5 Å². The van der Waals surface area contributed by atoms with E-state index in [0.29, 0.717) is 11.5 Å². The summed E-state index contributed by atoms with van der Waals surface area (Å²) in [4.78, 5) is 0. The van der Waals surface area contributed by atoms with Crippen molar-refractivity contribution >= 4 is 11.6 Å². The van der Waals surface area contributed by atoms with E-state index in [4.69, 9.17) is 32.0 Å². The van der Waals surface area contributed by atoms with Crippen LogP contribution < -0.4 is 4.74 Å². The quantitative estimate of drug-likeness (QED) is 0.937. The molecule has 0 aliphatic heterocycles. The zero-order valence-electron chi connectivity index (χ0n) is 10.3. The molecule has 2 aromatic rings. The van der Waals surface area contributed by atoms with E-state index in [0.717, 1.165) is 5.56 Å². The second-order valence-corrected chi connectivity index (χ2v) is 4.36. The van der Waals surface area contributed by atoms with Gasteiger partial charge in [-0.15, -0.1) is 0 Å². The summed E-state index contributed by atoms with van der Waals surface area (Å²) in [5.74, 6) is 0.830. The number of benzene rings is 2. The highest BCUT2D eigenvalue weighted by Crippen LogP contribution is 2.32. The molecule has 0 fully saturated rings. The lowest BCUT2D eigenvalue weighted by molar-refractivity contribution is 0.281. The van der Waals surface area contributed by atoms with Crippen LogP contribution in [0.25, 0.3) is 0 Å². The van der Waals surface area contributed by atoms with E-state index in [9.17, 15) is 0 Å². The van der Waals surface area contributed by atoms with Gasteiger partial charge in [-0.25, -0.2) is 0 Å². The molecular weight excluding hydrogens is 276 g/mol. The van der Waals surface area contributed by atoms with Gasteiger partial charge in [0, 0.05) is 6.07 Å². The summed E-state index contributed by atoms with van der Waals surface area (Å²) in [7, 11) is 0. The van der Waals surface area contributed by atoms with Gasteiger partial charge in [0.05, 0.1) is 22.8 Å². The third-order valence-corrected chi connectivity index (χ3v) is 2.94. The molecule has 0 unspecified atom stereocenters. The molecule has 20 heavy (non-hydrogen) atoms. The van der Waals surface area contributed by atoms with Crippen LogP contribution in [-0.2, 0) is 6.61 Å². The van der Waals surface area contributed by atoms with E-state index >= 15 is 0 Å². The molecule has 0 aliphatic carbocycles. The van der Waals surface area contributed by atoms with Gasteiger partial charge >= 0.3 is 0 Å². The van der Waals surface area contributed by atoms with E-state index in [-0.39, 0.29) is 22.8 Å². The fraction of sp³-hybridized carbons (Fsp3) is 0.0667. The van der Waals surface area contributed by atoms with Crippen LogP contribution in [0.2, 0.25) is 5.02 Å². The van der Waals surface area contributed by atoms with Gasteiger partial charge in [0.1, 0.15) is 23.6 Å². The molecule has 0 heterocycles. The Labute approximate surface area is 121 Å². The largest absolute Gasteiger partial charge is 0.456 e. The zero-order chi connectivity index (χ0) is 14.5. The first-order chi connectivity index (χ1) is 9.67. The van der Waals surface area contributed by atoms with Crippen LogP contribution in [0, 0.1) is 22.7 Å². The Morgan fingerprint density at radius 1 is 1.05 bits per heavy atom. The maximum absolute atomic E-state index is 8.97. The van der Waals surface area contributed by atoms with Crippen molar-refractivity contribution in [3.8, 4) is 23.6 Å². The van der Waals surface area contributed by atoms with Crippen LogP contribution in [-0.4, -0.2) is 5.11 Å². The number of hydrogen-bond donors (Lipinski definition) is 1. The molecule has 2 aromatic carbocycles. The predicted octanol–water partition coefficient (Wildman–Crippen LogP) is 3.37. The number of nitrogens with zero attached hydrogens (tertiary/aromatic N) is 2. The van der Waals surface area contributed by atoms with Crippen molar-refractivity contribution in [2.24, 2.45) is 0 Å². The molecular formula is C15H9ClN2O2. The van der Waals surface area contributed by atoms with Crippen molar-refractivity contribution in [2.45, 2.75) is 6.61 Å². The Morgan fingerprint density at radius 3 is 2.20 bits per heavy atom. The molecule has 5 heteroatoms. The molecule has 0 aliphatic rings. The van der Waals surface area contributed by atoms with E-state index in [1.807, 2.05) is 12.1 Å². The topological polar surface area (TPSA) is 77.0 Å². The minimum Gasteiger partial charge on any atom is -0.456 e. The van der Waals surface area contributed by atoms with E-state index in [1.165, 1.54) is 12.1 Å². The molecule has 0 spiro atoms. The molecule has 2 rings (SSSR count). The molecule has 0 atom stereocenters. The summed E-state index contributed by atoms with van der Waals surface area (Å²) in [6.45, 7) is -0.0452. The molecule has 0 saturated carbocycles. The van der Waals surface area contributed by atoms with Crippen LogP contribution in [0.15, 0.2) is 36.4 Å². The summed E-state index contributed by atoms with van der Waals surface area (Å²) in [5.41, 5.74) is 1.18. The molecule has 0 radical (unpaired) electrons. The average molecular weight is 285 g/mol. The number of ether oxygens (including phenoxy) is 1. The van der Waals surface area contributed by atoms with Crippen molar-refractivity contribution in [1.82, 2.24) is 0 Å². The maximum atomic E-state index is 8.97. The van der Waals surface area contributed by atoms with E-state index < -0.39 is 0 Å². The third kappa shape index (κ3) is 2.89. The second kappa shape index (κ2) is 6.08. The number of hydrogen-bond acceptors (Lipinski definition) is 4. The third-order valence-electron chi connectivity index (χ3n) is 2.65. The maximum Gasteiger partial charge on any atom is 0.147 e. The average Bonchev–Trinajstić information content (AvgIpc) is 2.49. The normalized spacial score (nSPS) is 9.60. The number of aliphatic hydroxyl groups excluding tert-OH is 1. The highest BCUT2D eigenvalue weighted by atomic mass is 35.5. The monoisotopic (exact) mass is 284 g/mol. The van der Waals surface area contributed by atoms with Crippen molar-refractivity contribution in [2.75, 3.05) is 0 Å². The number of rotatable bonds is 3. The second-order valence-electron chi connectivity index (χ2n) is 3.96. The lowest BCUT2D eigenvalue weighted by Crippen LogP contribution is -1.91. The van der Waals surface area contributed by atoms with Gasteiger partial charge in [-0.3, -0.25) is 0 Å². The standard InChI is InChI=1S/C15H9ClN2O2/c16-14-5-11(7-17)12(8-18)6-15(14)20-13-3-1-10(9-19)2-4-13/h1-6,19H,9H2. The number of nitriles is 2. The van der Waals surface area contributed by atoms with Gasteiger partial charge in [-0.1, -0.05) is 23.7 Å². The van der Waals surface area contributed by atoms with Crippen LogP contribution in [0.4, 0.5) is 0 Å². The molecule has 4 nitrogen and oxygen atoms in total. The van der Waals surface area contributed by atoms with Crippen LogP contribution in [0.3, 0.4) is 0 Å². The summed E-state index contributed by atoms with van der Waals surface area (Å²) in [5, 5.41) is 27.1. The van der Waals surface area contributed by atoms with Gasteiger partial charge in [0.25, 0.3) is 0 Å². The van der Waals surface area contributed by atoms with Gasteiger partial charge in [-0.05, 0) is 23.8 Å². The zero-order valence-corrected chi connectivity index (χ0v) is 11.1. The smallest absolute Gasteiger partial charge is 0.147 e. The molecule has 0 saturated heterocycles. The SMILES string of the molecule is N#Cc1cc(Cl)c(Oc2ccc(CO)cc2)cc1C#N.